The lowest BCUT2D eigenvalue weighted by atomic mass is 10.1. The van der Waals surface area contributed by atoms with E-state index in [9.17, 15) is 9.18 Å². The average molecular weight is 236 g/mol. The van der Waals surface area contributed by atoms with Gasteiger partial charge in [0.1, 0.15) is 11.9 Å². The quantitative estimate of drug-likeness (QED) is 0.869. The Balaban J connectivity index is 2.36. The van der Waals surface area contributed by atoms with Crippen molar-refractivity contribution in [3.8, 4) is 0 Å². The van der Waals surface area contributed by atoms with Crippen molar-refractivity contribution >= 4 is 11.6 Å². The Hall–Kier alpha value is -1.42. The number of carbonyl (C=O) groups excluding carboxylic acids is 1. The highest BCUT2D eigenvalue weighted by molar-refractivity contribution is 6.04. The first-order valence-corrected chi connectivity index (χ1v) is 5.97. The molecule has 0 bridgehead atoms. The molecule has 0 radical (unpaired) electrons. The molecule has 0 saturated carbocycles. The van der Waals surface area contributed by atoms with Crippen LogP contribution in [0.4, 0.5) is 10.1 Å². The van der Waals surface area contributed by atoms with Gasteiger partial charge >= 0.3 is 0 Å². The SMILES string of the molecule is CCCCN1C(=O)C(NC)c2cc(F)ccc21. The van der Waals surface area contributed by atoms with Crippen LogP contribution in [-0.2, 0) is 4.79 Å². The predicted octanol–water partition coefficient (Wildman–Crippen LogP) is 2.23. The maximum atomic E-state index is 13.2. The number of fused-ring (bicyclic) bond motifs is 1. The molecule has 0 aliphatic carbocycles. The van der Waals surface area contributed by atoms with Crippen LogP contribution in [0, 0.1) is 5.82 Å². The zero-order chi connectivity index (χ0) is 12.4. The highest BCUT2D eigenvalue weighted by atomic mass is 19.1. The molecule has 1 N–H and O–H groups in total. The highest BCUT2D eigenvalue weighted by Gasteiger charge is 2.35. The van der Waals surface area contributed by atoms with Crippen molar-refractivity contribution in [1.82, 2.24) is 5.32 Å². The van der Waals surface area contributed by atoms with Crippen molar-refractivity contribution in [2.75, 3.05) is 18.5 Å². The first kappa shape index (κ1) is 12.0. The molecule has 1 amide bonds. The molecular weight excluding hydrogens is 219 g/mol. The number of amides is 1. The molecule has 3 nitrogen and oxygen atoms in total. The molecule has 1 unspecified atom stereocenters. The molecule has 1 atom stereocenters. The van der Waals surface area contributed by atoms with Crippen LogP contribution in [-0.4, -0.2) is 19.5 Å². The lowest BCUT2D eigenvalue weighted by Gasteiger charge is -2.17. The van der Waals surface area contributed by atoms with E-state index in [2.05, 4.69) is 12.2 Å². The molecule has 0 saturated heterocycles. The largest absolute Gasteiger partial charge is 0.310 e. The van der Waals surface area contributed by atoms with Gasteiger partial charge in [0.2, 0.25) is 5.91 Å². The first-order valence-electron chi connectivity index (χ1n) is 5.97. The Morgan fingerprint density at radius 1 is 1.47 bits per heavy atom. The molecule has 1 aromatic carbocycles. The van der Waals surface area contributed by atoms with Crippen molar-refractivity contribution in [3.63, 3.8) is 0 Å². The van der Waals surface area contributed by atoms with E-state index in [1.165, 1.54) is 12.1 Å². The highest BCUT2D eigenvalue weighted by Crippen LogP contribution is 2.36. The van der Waals surface area contributed by atoms with Gasteiger partial charge in [0, 0.05) is 17.8 Å². The van der Waals surface area contributed by atoms with Crippen LogP contribution >= 0.6 is 0 Å². The number of rotatable bonds is 4. The molecule has 2 rings (SSSR count). The monoisotopic (exact) mass is 236 g/mol. The van der Waals surface area contributed by atoms with Gasteiger partial charge in [-0.2, -0.15) is 0 Å². The zero-order valence-electron chi connectivity index (χ0n) is 10.2. The Labute approximate surface area is 101 Å². The molecule has 0 spiro atoms. The predicted molar refractivity (Wildman–Crippen MR) is 65.5 cm³/mol. The number of carbonyl (C=O) groups is 1. The minimum absolute atomic E-state index is 0.0153. The van der Waals surface area contributed by atoms with E-state index in [0.717, 1.165) is 24.1 Å². The number of anilines is 1. The second-order valence-corrected chi connectivity index (χ2v) is 4.27. The fourth-order valence-electron chi connectivity index (χ4n) is 2.24. The lowest BCUT2D eigenvalue weighted by molar-refractivity contribution is -0.119. The van der Waals surface area contributed by atoms with Gasteiger partial charge in [-0.1, -0.05) is 13.3 Å². The maximum absolute atomic E-state index is 13.2. The van der Waals surface area contributed by atoms with Crippen molar-refractivity contribution < 1.29 is 9.18 Å². The number of nitrogens with one attached hydrogen (secondary N) is 1. The molecule has 1 aliphatic rings. The fourth-order valence-corrected chi connectivity index (χ4v) is 2.24. The van der Waals surface area contributed by atoms with Crippen molar-refractivity contribution in [2.24, 2.45) is 0 Å². The van der Waals surface area contributed by atoms with Gasteiger partial charge in [-0.05, 0) is 31.7 Å². The van der Waals surface area contributed by atoms with Gasteiger partial charge < -0.3 is 10.2 Å². The summed E-state index contributed by atoms with van der Waals surface area (Å²) in [4.78, 5) is 13.9. The molecule has 1 aliphatic heterocycles. The summed E-state index contributed by atoms with van der Waals surface area (Å²) < 4.78 is 13.2. The standard InChI is InChI=1S/C13H17FN2O/c1-3-4-7-16-11-6-5-9(14)8-10(11)12(15-2)13(16)17/h5-6,8,12,15H,3-4,7H2,1-2H3. The minimum Gasteiger partial charge on any atom is -0.310 e. The first-order chi connectivity index (χ1) is 8.19. The third-order valence-corrected chi connectivity index (χ3v) is 3.13. The summed E-state index contributed by atoms with van der Waals surface area (Å²) in [6.45, 7) is 2.79. The number of hydrogen-bond donors (Lipinski definition) is 1. The third kappa shape index (κ3) is 2.05. The molecular formula is C13H17FN2O. The second kappa shape index (κ2) is 4.84. The van der Waals surface area contributed by atoms with Gasteiger partial charge in [-0.3, -0.25) is 4.79 Å². The topological polar surface area (TPSA) is 32.3 Å². The molecule has 0 fully saturated rings. The van der Waals surface area contributed by atoms with Crippen LogP contribution < -0.4 is 10.2 Å². The molecule has 92 valence electrons. The Morgan fingerprint density at radius 3 is 2.88 bits per heavy atom. The fraction of sp³-hybridized carbons (Fsp3) is 0.462. The number of hydrogen-bond acceptors (Lipinski definition) is 2. The van der Waals surface area contributed by atoms with Gasteiger partial charge in [0.15, 0.2) is 0 Å². The van der Waals surface area contributed by atoms with Crippen molar-refractivity contribution in [1.29, 1.82) is 0 Å². The summed E-state index contributed by atoms with van der Waals surface area (Å²) >= 11 is 0. The molecule has 0 aromatic heterocycles. The van der Waals surface area contributed by atoms with Crippen LogP contribution in [0.3, 0.4) is 0 Å². The molecule has 4 heteroatoms. The molecule has 17 heavy (non-hydrogen) atoms. The summed E-state index contributed by atoms with van der Waals surface area (Å²) in [5.41, 5.74) is 1.58. The smallest absolute Gasteiger partial charge is 0.248 e. The normalized spacial score (nSPS) is 18.6. The van der Waals surface area contributed by atoms with Crippen LogP contribution in [0.25, 0.3) is 0 Å². The number of nitrogens with zero attached hydrogens (tertiary/aromatic N) is 1. The molecule has 1 heterocycles. The Bertz CT molecular complexity index is 433. The number of benzene rings is 1. The van der Waals surface area contributed by atoms with Crippen LogP contribution in [0.15, 0.2) is 18.2 Å². The number of likely N-dealkylation sites (N-methyl/N-ethyl adjacent to an activating group) is 1. The Morgan fingerprint density at radius 2 is 2.24 bits per heavy atom. The zero-order valence-corrected chi connectivity index (χ0v) is 10.2. The summed E-state index contributed by atoms with van der Waals surface area (Å²) in [6, 6.07) is 4.14. The van der Waals surface area contributed by atoms with Gasteiger partial charge in [-0.15, -0.1) is 0 Å². The van der Waals surface area contributed by atoms with E-state index in [1.807, 2.05) is 0 Å². The van der Waals surface area contributed by atoms with E-state index in [4.69, 9.17) is 0 Å². The van der Waals surface area contributed by atoms with E-state index in [0.29, 0.717) is 6.54 Å². The lowest BCUT2D eigenvalue weighted by Crippen LogP contribution is -2.33. The maximum Gasteiger partial charge on any atom is 0.248 e. The van der Waals surface area contributed by atoms with Crippen molar-refractivity contribution in [2.45, 2.75) is 25.8 Å². The van der Waals surface area contributed by atoms with E-state index >= 15 is 0 Å². The van der Waals surface area contributed by atoms with E-state index in [-0.39, 0.29) is 11.7 Å². The van der Waals surface area contributed by atoms with Crippen LogP contribution in [0.1, 0.15) is 31.4 Å². The van der Waals surface area contributed by atoms with Gasteiger partial charge in [-0.25, -0.2) is 4.39 Å². The van der Waals surface area contributed by atoms with Crippen LogP contribution in [0.2, 0.25) is 0 Å². The second-order valence-electron chi connectivity index (χ2n) is 4.27. The summed E-state index contributed by atoms with van der Waals surface area (Å²) in [6.07, 6.45) is 1.99. The van der Waals surface area contributed by atoms with Gasteiger partial charge in [0.25, 0.3) is 0 Å². The summed E-state index contributed by atoms with van der Waals surface area (Å²) in [7, 11) is 1.72. The third-order valence-electron chi connectivity index (χ3n) is 3.13. The number of unbranched alkanes of at least 4 members (excludes halogenated alkanes) is 1. The summed E-state index contributed by atoms with van der Waals surface area (Å²) in [5, 5.41) is 2.95. The van der Waals surface area contributed by atoms with Crippen LogP contribution in [0.5, 0.6) is 0 Å². The Kier molecular flexibility index (Phi) is 3.43. The average Bonchev–Trinajstić information content (AvgIpc) is 2.57. The van der Waals surface area contributed by atoms with E-state index in [1.54, 1.807) is 18.0 Å². The van der Waals surface area contributed by atoms with E-state index < -0.39 is 6.04 Å². The number of halogens is 1. The van der Waals surface area contributed by atoms with Gasteiger partial charge in [0.05, 0.1) is 0 Å². The summed E-state index contributed by atoms with van der Waals surface area (Å²) in [5.74, 6) is -0.282. The minimum atomic E-state index is -0.405. The molecule has 1 aromatic rings. The van der Waals surface area contributed by atoms with Crippen molar-refractivity contribution in [3.05, 3.63) is 29.6 Å².